The van der Waals surface area contributed by atoms with Gasteiger partial charge in [-0.1, -0.05) is 19.0 Å². The maximum atomic E-state index is 11.0. The van der Waals surface area contributed by atoms with E-state index in [0.717, 1.165) is 5.75 Å². The quantitative estimate of drug-likeness (QED) is 0.213. The highest BCUT2D eigenvalue weighted by Gasteiger charge is 2.16. The van der Waals surface area contributed by atoms with Gasteiger partial charge in [-0.05, 0) is 18.1 Å². The third-order valence-corrected chi connectivity index (χ3v) is 3.62. The van der Waals surface area contributed by atoms with Crippen LogP contribution in [-0.4, -0.2) is 21.7 Å². The zero-order chi connectivity index (χ0) is 13.7. The lowest BCUT2D eigenvalue weighted by atomic mass is 10.2. The summed E-state index contributed by atoms with van der Waals surface area (Å²) in [5, 5.41) is 22.4. The number of nitrogens with zero attached hydrogens (tertiary/aromatic N) is 2. The number of nitro groups is 1. The smallest absolute Gasteiger partial charge is 0.283 e. The molecule has 0 saturated heterocycles. The number of hydrogen-bond acceptors (Lipinski definition) is 5. The number of nitro benzene ring substituents is 1. The molecule has 0 spiro atoms. The average molecular weight is 269 g/mol. The highest BCUT2D eigenvalue weighted by molar-refractivity contribution is 7.99. The number of oxime groups is 1. The van der Waals surface area contributed by atoms with Crippen molar-refractivity contribution in [1.82, 2.24) is 0 Å². The summed E-state index contributed by atoms with van der Waals surface area (Å²) in [4.78, 5) is 11.1. The van der Waals surface area contributed by atoms with Crippen molar-refractivity contribution in [2.45, 2.75) is 18.7 Å². The molecular formula is C11H15N3O3S. The molecule has 6 nitrogen and oxygen atoms in total. The fourth-order valence-corrected chi connectivity index (χ4v) is 2.21. The Morgan fingerprint density at radius 2 is 2.28 bits per heavy atom. The standard InChI is InChI=1S/C11H15N3O3S/c1-7(2)6-18-10-4-3-8(11(12)13-15)5-9(10)14(16)17/h3-5,7,15H,6H2,1-2H3,(H2,12,13). The van der Waals surface area contributed by atoms with Gasteiger partial charge in [0.25, 0.3) is 5.69 Å². The van der Waals surface area contributed by atoms with Crippen LogP contribution < -0.4 is 5.73 Å². The molecule has 0 aliphatic rings. The number of hydrogen-bond donors (Lipinski definition) is 2. The Morgan fingerprint density at radius 3 is 2.78 bits per heavy atom. The van der Waals surface area contributed by atoms with Crippen molar-refractivity contribution in [3.05, 3.63) is 33.9 Å². The summed E-state index contributed by atoms with van der Waals surface area (Å²) >= 11 is 1.43. The molecule has 98 valence electrons. The van der Waals surface area contributed by atoms with Gasteiger partial charge < -0.3 is 10.9 Å². The molecule has 0 amide bonds. The molecule has 0 atom stereocenters. The molecule has 0 fully saturated rings. The predicted octanol–water partition coefficient (Wildman–Crippen LogP) is 2.44. The van der Waals surface area contributed by atoms with Crippen molar-refractivity contribution in [3.8, 4) is 0 Å². The van der Waals surface area contributed by atoms with Crippen molar-refractivity contribution in [2.24, 2.45) is 16.8 Å². The Bertz CT molecular complexity index is 475. The number of amidine groups is 1. The average Bonchev–Trinajstić information content (AvgIpc) is 2.34. The summed E-state index contributed by atoms with van der Waals surface area (Å²) in [7, 11) is 0. The molecule has 1 aromatic rings. The summed E-state index contributed by atoms with van der Waals surface area (Å²) in [5.74, 6) is 1.10. The monoisotopic (exact) mass is 269 g/mol. The number of rotatable bonds is 5. The van der Waals surface area contributed by atoms with E-state index in [1.807, 2.05) is 13.8 Å². The van der Waals surface area contributed by atoms with Gasteiger partial charge in [0.2, 0.25) is 0 Å². The first-order valence-electron chi connectivity index (χ1n) is 5.34. The Kier molecular flexibility index (Phi) is 4.96. The minimum Gasteiger partial charge on any atom is -0.409 e. The van der Waals surface area contributed by atoms with E-state index in [-0.39, 0.29) is 11.5 Å². The molecule has 1 aromatic carbocycles. The third kappa shape index (κ3) is 3.63. The summed E-state index contributed by atoms with van der Waals surface area (Å²) in [6.07, 6.45) is 0. The van der Waals surface area contributed by atoms with E-state index < -0.39 is 4.92 Å². The van der Waals surface area contributed by atoms with E-state index in [1.165, 1.54) is 17.8 Å². The van der Waals surface area contributed by atoms with Crippen LogP contribution in [0.4, 0.5) is 5.69 Å². The van der Waals surface area contributed by atoms with E-state index >= 15 is 0 Å². The zero-order valence-corrected chi connectivity index (χ0v) is 11.0. The predicted molar refractivity (Wildman–Crippen MR) is 71.2 cm³/mol. The Balaban J connectivity index is 3.09. The molecule has 0 saturated carbocycles. The minimum absolute atomic E-state index is 0.0234. The molecule has 0 radical (unpaired) electrons. The van der Waals surface area contributed by atoms with Crippen LogP contribution in [0.5, 0.6) is 0 Å². The van der Waals surface area contributed by atoms with Gasteiger partial charge in [-0.2, -0.15) is 0 Å². The first kappa shape index (κ1) is 14.3. The lowest BCUT2D eigenvalue weighted by molar-refractivity contribution is -0.387. The molecule has 0 bridgehead atoms. The number of nitrogens with two attached hydrogens (primary N) is 1. The van der Waals surface area contributed by atoms with Crippen molar-refractivity contribution >= 4 is 23.3 Å². The van der Waals surface area contributed by atoms with Gasteiger partial charge in [0, 0.05) is 17.4 Å². The van der Waals surface area contributed by atoms with Crippen molar-refractivity contribution in [3.63, 3.8) is 0 Å². The van der Waals surface area contributed by atoms with E-state index in [9.17, 15) is 10.1 Å². The van der Waals surface area contributed by atoms with Crippen LogP contribution in [-0.2, 0) is 0 Å². The van der Waals surface area contributed by atoms with Crippen LogP contribution in [0.15, 0.2) is 28.3 Å². The lowest BCUT2D eigenvalue weighted by Crippen LogP contribution is -2.13. The van der Waals surface area contributed by atoms with Crippen molar-refractivity contribution < 1.29 is 10.1 Å². The Labute approximate surface area is 109 Å². The highest BCUT2D eigenvalue weighted by Crippen LogP contribution is 2.31. The van der Waals surface area contributed by atoms with Crippen molar-refractivity contribution in [1.29, 1.82) is 0 Å². The molecule has 0 aromatic heterocycles. The first-order valence-corrected chi connectivity index (χ1v) is 6.33. The second kappa shape index (κ2) is 6.25. The fourth-order valence-electron chi connectivity index (χ4n) is 1.26. The van der Waals surface area contributed by atoms with Crippen LogP contribution >= 0.6 is 11.8 Å². The molecule has 0 aliphatic heterocycles. The maximum absolute atomic E-state index is 11.0. The van der Waals surface area contributed by atoms with E-state index in [1.54, 1.807) is 12.1 Å². The summed E-state index contributed by atoms with van der Waals surface area (Å²) < 4.78 is 0. The molecule has 18 heavy (non-hydrogen) atoms. The lowest BCUT2D eigenvalue weighted by Gasteiger charge is -2.06. The molecule has 0 heterocycles. The third-order valence-electron chi connectivity index (χ3n) is 2.13. The number of benzene rings is 1. The zero-order valence-electron chi connectivity index (χ0n) is 10.2. The SMILES string of the molecule is CC(C)CSc1ccc(/C(N)=N/O)cc1[N+](=O)[O-]. The van der Waals surface area contributed by atoms with Gasteiger partial charge in [-0.25, -0.2) is 0 Å². The van der Waals surface area contributed by atoms with Gasteiger partial charge in [0.1, 0.15) is 0 Å². The van der Waals surface area contributed by atoms with Gasteiger partial charge in [0.05, 0.1) is 9.82 Å². The Morgan fingerprint density at radius 1 is 1.61 bits per heavy atom. The summed E-state index contributed by atoms with van der Waals surface area (Å²) in [6, 6.07) is 4.54. The first-order chi connectivity index (χ1) is 8.45. The molecule has 0 aliphatic carbocycles. The minimum atomic E-state index is -0.461. The summed E-state index contributed by atoms with van der Waals surface area (Å²) in [5.41, 5.74) is 5.71. The fraction of sp³-hybridized carbons (Fsp3) is 0.364. The summed E-state index contributed by atoms with van der Waals surface area (Å²) in [6.45, 7) is 4.09. The molecular weight excluding hydrogens is 254 g/mol. The maximum Gasteiger partial charge on any atom is 0.283 e. The van der Waals surface area contributed by atoms with Gasteiger partial charge >= 0.3 is 0 Å². The molecule has 3 N–H and O–H groups in total. The molecule has 0 unspecified atom stereocenters. The van der Waals surface area contributed by atoms with E-state index in [0.29, 0.717) is 16.4 Å². The van der Waals surface area contributed by atoms with Crippen molar-refractivity contribution in [2.75, 3.05) is 5.75 Å². The van der Waals surface area contributed by atoms with Gasteiger partial charge in [-0.3, -0.25) is 10.1 Å². The van der Waals surface area contributed by atoms with Crippen LogP contribution in [0.25, 0.3) is 0 Å². The Hall–Kier alpha value is -1.76. The van der Waals surface area contributed by atoms with Crippen LogP contribution in [0, 0.1) is 16.0 Å². The highest BCUT2D eigenvalue weighted by atomic mass is 32.2. The van der Waals surface area contributed by atoms with E-state index in [2.05, 4.69) is 5.16 Å². The second-order valence-corrected chi connectivity index (χ2v) is 5.19. The normalized spacial score (nSPS) is 11.8. The number of thioether (sulfide) groups is 1. The van der Waals surface area contributed by atoms with Crippen LogP contribution in [0.3, 0.4) is 0 Å². The van der Waals surface area contributed by atoms with Crippen LogP contribution in [0.1, 0.15) is 19.4 Å². The molecule has 1 rings (SSSR count). The van der Waals surface area contributed by atoms with E-state index in [4.69, 9.17) is 10.9 Å². The van der Waals surface area contributed by atoms with Crippen LogP contribution in [0.2, 0.25) is 0 Å². The topological polar surface area (TPSA) is 102 Å². The molecule has 7 heteroatoms. The van der Waals surface area contributed by atoms with Gasteiger partial charge in [-0.15, -0.1) is 11.8 Å². The second-order valence-electron chi connectivity index (χ2n) is 4.13. The van der Waals surface area contributed by atoms with Gasteiger partial charge in [0.15, 0.2) is 5.84 Å². The largest absolute Gasteiger partial charge is 0.409 e.